The first-order chi connectivity index (χ1) is 22.0. The predicted molar refractivity (Wildman–Crippen MR) is 182 cm³/mol. The lowest BCUT2D eigenvalue weighted by Crippen LogP contribution is -2.47. The van der Waals surface area contributed by atoms with Crippen LogP contribution in [0.2, 0.25) is 0 Å². The number of aliphatic hydroxyl groups excluding tert-OH is 1. The largest absolute Gasteiger partial charge is 0.488 e. The molecule has 3 atom stereocenters. The quantitative estimate of drug-likeness (QED) is 0.229. The molecule has 0 spiro atoms. The van der Waals surface area contributed by atoms with Crippen molar-refractivity contribution in [3.05, 3.63) is 114 Å². The molecule has 1 aliphatic rings. The number of amides is 1. The standard InChI is InChI=1S/C37H43N3O5S/c1-26-10-17-34(18-11-26)46(43,44)38-33-16-19-35-32(20-33)21-37(42)40(28(3)25-41)22-27(2)36(45-35)24-39(4)23-29-12-14-31(15-13-29)30-8-6-5-7-9-30/h5-20,27-28,36,38,41H,21-25H2,1-4H3/t27-,28+,36+/m0/s1. The molecule has 0 radical (unpaired) electrons. The summed E-state index contributed by atoms with van der Waals surface area (Å²) in [7, 11) is -1.78. The third-order valence-corrected chi connectivity index (χ3v) is 9.90. The Kier molecular flexibility index (Phi) is 10.5. The van der Waals surface area contributed by atoms with Crippen LogP contribution in [-0.2, 0) is 27.8 Å². The number of nitrogens with zero attached hydrogens (tertiary/aromatic N) is 2. The monoisotopic (exact) mass is 641 g/mol. The summed E-state index contributed by atoms with van der Waals surface area (Å²) in [6.07, 6.45) is -0.259. The highest BCUT2D eigenvalue weighted by molar-refractivity contribution is 7.92. The summed E-state index contributed by atoms with van der Waals surface area (Å²) in [5.41, 5.74) is 5.41. The normalized spacial score (nSPS) is 17.8. The molecule has 0 saturated carbocycles. The van der Waals surface area contributed by atoms with Gasteiger partial charge in [-0.25, -0.2) is 8.42 Å². The maximum absolute atomic E-state index is 13.6. The van der Waals surface area contributed by atoms with Gasteiger partial charge in [-0.1, -0.05) is 79.2 Å². The molecule has 0 aliphatic carbocycles. The molecular weight excluding hydrogens is 598 g/mol. The Hall–Kier alpha value is -4.18. The van der Waals surface area contributed by atoms with Crippen LogP contribution in [-0.4, -0.2) is 68.1 Å². The number of benzene rings is 4. The number of hydrogen-bond donors (Lipinski definition) is 2. The summed E-state index contributed by atoms with van der Waals surface area (Å²) in [5.74, 6) is 0.346. The highest BCUT2D eigenvalue weighted by atomic mass is 32.2. The average molecular weight is 642 g/mol. The fourth-order valence-corrected chi connectivity index (χ4v) is 6.81. The van der Waals surface area contributed by atoms with Gasteiger partial charge in [0.25, 0.3) is 10.0 Å². The topological polar surface area (TPSA) is 99.2 Å². The van der Waals surface area contributed by atoms with Crippen LogP contribution in [0.3, 0.4) is 0 Å². The Bertz CT molecular complexity index is 1730. The van der Waals surface area contributed by atoms with E-state index in [1.165, 1.54) is 16.7 Å². The minimum atomic E-state index is -3.83. The Morgan fingerprint density at radius 2 is 1.65 bits per heavy atom. The second kappa shape index (κ2) is 14.5. The summed E-state index contributed by atoms with van der Waals surface area (Å²) in [6, 6.07) is 30.2. The fraction of sp³-hybridized carbons (Fsp3) is 0.324. The molecule has 242 valence electrons. The number of carbonyl (C=O) groups excluding carboxylic acids is 1. The number of nitrogens with one attached hydrogen (secondary N) is 1. The molecule has 0 fully saturated rings. The maximum atomic E-state index is 13.6. The zero-order chi connectivity index (χ0) is 32.8. The molecule has 0 aromatic heterocycles. The highest BCUT2D eigenvalue weighted by Gasteiger charge is 2.31. The van der Waals surface area contributed by atoms with Gasteiger partial charge in [-0.05, 0) is 67.9 Å². The van der Waals surface area contributed by atoms with Crippen LogP contribution < -0.4 is 9.46 Å². The first-order valence-corrected chi connectivity index (χ1v) is 17.1. The van der Waals surface area contributed by atoms with Crippen LogP contribution in [0.1, 0.15) is 30.5 Å². The zero-order valence-corrected chi connectivity index (χ0v) is 27.7. The second-order valence-electron chi connectivity index (χ2n) is 12.4. The fourth-order valence-electron chi connectivity index (χ4n) is 5.76. The van der Waals surface area contributed by atoms with Crippen molar-refractivity contribution in [2.24, 2.45) is 5.92 Å². The van der Waals surface area contributed by atoms with Crippen molar-refractivity contribution >= 4 is 21.6 Å². The Morgan fingerprint density at radius 3 is 2.33 bits per heavy atom. The lowest BCUT2D eigenvalue weighted by Gasteiger charge is -2.34. The summed E-state index contributed by atoms with van der Waals surface area (Å²) >= 11 is 0. The van der Waals surface area contributed by atoms with Gasteiger partial charge in [0.1, 0.15) is 11.9 Å². The highest BCUT2D eigenvalue weighted by Crippen LogP contribution is 2.30. The number of fused-ring (bicyclic) bond motifs is 1. The summed E-state index contributed by atoms with van der Waals surface area (Å²) in [5, 5.41) is 9.97. The summed E-state index contributed by atoms with van der Waals surface area (Å²) < 4.78 is 35.5. The SMILES string of the molecule is Cc1ccc(S(=O)(=O)Nc2ccc3c(c2)CC(=O)N([C@H](C)CO)C[C@H](C)[C@@H](CN(C)Cc2ccc(-c4ccccc4)cc2)O3)cc1. The van der Waals surface area contributed by atoms with Crippen molar-refractivity contribution in [3.8, 4) is 16.9 Å². The van der Waals surface area contributed by atoms with Gasteiger partial charge < -0.3 is 14.7 Å². The lowest BCUT2D eigenvalue weighted by molar-refractivity contribution is -0.134. The first kappa shape index (κ1) is 33.2. The van der Waals surface area contributed by atoms with Crippen LogP contribution in [0.4, 0.5) is 5.69 Å². The van der Waals surface area contributed by atoms with Crippen LogP contribution in [0.15, 0.2) is 102 Å². The van der Waals surface area contributed by atoms with Gasteiger partial charge in [-0.15, -0.1) is 0 Å². The number of likely N-dealkylation sites (N-methyl/N-ethyl adjacent to an activating group) is 1. The van der Waals surface area contributed by atoms with Crippen molar-refractivity contribution in [2.45, 2.75) is 50.8 Å². The van der Waals surface area contributed by atoms with Crippen molar-refractivity contribution in [1.82, 2.24) is 9.80 Å². The van der Waals surface area contributed by atoms with E-state index in [0.29, 0.717) is 36.6 Å². The van der Waals surface area contributed by atoms with Gasteiger partial charge in [0, 0.05) is 36.8 Å². The molecule has 1 amide bonds. The van der Waals surface area contributed by atoms with Gasteiger partial charge >= 0.3 is 0 Å². The number of rotatable bonds is 10. The van der Waals surface area contributed by atoms with Crippen molar-refractivity contribution in [3.63, 3.8) is 0 Å². The van der Waals surface area contributed by atoms with E-state index in [9.17, 15) is 18.3 Å². The molecule has 1 heterocycles. The van der Waals surface area contributed by atoms with E-state index in [4.69, 9.17) is 4.74 Å². The van der Waals surface area contributed by atoms with E-state index in [0.717, 1.165) is 5.56 Å². The van der Waals surface area contributed by atoms with Crippen LogP contribution in [0, 0.1) is 12.8 Å². The van der Waals surface area contributed by atoms with E-state index in [1.54, 1.807) is 47.4 Å². The Morgan fingerprint density at radius 1 is 0.978 bits per heavy atom. The van der Waals surface area contributed by atoms with Crippen LogP contribution in [0.25, 0.3) is 11.1 Å². The molecule has 46 heavy (non-hydrogen) atoms. The average Bonchev–Trinajstić information content (AvgIpc) is 3.08. The molecule has 9 heteroatoms. The molecule has 0 saturated heterocycles. The smallest absolute Gasteiger partial charge is 0.261 e. The number of hydrogen-bond acceptors (Lipinski definition) is 6. The third kappa shape index (κ3) is 8.15. The lowest BCUT2D eigenvalue weighted by atomic mass is 10.0. The third-order valence-electron chi connectivity index (χ3n) is 8.51. The Balaban J connectivity index is 1.37. The molecule has 8 nitrogen and oxygen atoms in total. The maximum Gasteiger partial charge on any atom is 0.261 e. The van der Waals surface area contributed by atoms with Crippen molar-refractivity contribution in [1.29, 1.82) is 0 Å². The molecule has 0 bridgehead atoms. The van der Waals surface area contributed by atoms with Gasteiger partial charge in [0.05, 0.1) is 24.0 Å². The number of aliphatic hydroxyl groups is 1. The molecule has 5 rings (SSSR count). The van der Waals surface area contributed by atoms with Crippen molar-refractivity contribution in [2.75, 3.05) is 31.5 Å². The molecule has 4 aromatic rings. The number of ether oxygens (including phenoxy) is 1. The van der Waals surface area contributed by atoms with Crippen molar-refractivity contribution < 1.29 is 23.1 Å². The van der Waals surface area contributed by atoms with Crippen LogP contribution >= 0.6 is 0 Å². The molecular formula is C37H43N3O5S. The summed E-state index contributed by atoms with van der Waals surface area (Å²) in [6.45, 7) is 7.36. The predicted octanol–water partition coefficient (Wildman–Crippen LogP) is 5.74. The second-order valence-corrected chi connectivity index (χ2v) is 14.1. The van der Waals surface area contributed by atoms with E-state index >= 15 is 0 Å². The zero-order valence-electron chi connectivity index (χ0n) is 26.9. The van der Waals surface area contributed by atoms with E-state index in [1.807, 2.05) is 32.0 Å². The minimum absolute atomic E-state index is 0.0167. The van der Waals surface area contributed by atoms with Gasteiger partial charge in [0.15, 0.2) is 0 Å². The number of aryl methyl sites for hydroxylation is 1. The Labute approximate surface area is 272 Å². The van der Waals surface area contributed by atoms with Crippen LogP contribution in [0.5, 0.6) is 5.75 Å². The van der Waals surface area contributed by atoms with E-state index < -0.39 is 10.0 Å². The van der Waals surface area contributed by atoms with Gasteiger partial charge in [0.2, 0.25) is 5.91 Å². The molecule has 0 unspecified atom stereocenters. The number of sulfonamides is 1. The summed E-state index contributed by atoms with van der Waals surface area (Å²) in [4.78, 5) is 17.7. The molecule has 2 N–H and O–H groups in total. The van der Waals surface area contributed by atoms with Gasteiger partial charge in [-0.3, -0.25) is 14.4 Å². The molecule has 1 aliphatic heterocycles. The minimum Gasteiger partial charge on any atom is -0.488 e. The van der Waals surface area contributed by atoms with E-state index in [-0.39, 0.29) is 41.9 Å². The number of carbonyl (C=O) groups is 1. The van der Waals surface area contributed by atoms with E-state index in [2.05, 4.69) is 60.0 Å². The first-order valence-electron chi connectivity index (χ1n) is 15.6. The molecule has 4 aromatic carbocycles. The van der Waals surface area contributed by atoms with Gasteiger partial charge in [-0.2, -0.15) is 0 Å². The number of anilines is 1.